The van der Waals surface area contributed by atoms with Crippen LogP contribution in [0.4, 0.5) is 4.39 Å². The molecule has 1 aromatic heterocycles. The summed E-state index contributed by atoms with van der Waals surface area (Å²) in [5.41, 5.74) is 0. The van der Waals surface area contributed by atoms with Gasteiger partial charge in [0.1, 0.15) is 11.6 Å². The second-order valence-electron chi connectivity index (χ2n) is 6.14. The molecule has 6 nitrogen and oxygen atoms in total. The van der Waals surface area contributed by atoms with Gasteiger partial charge in [-0.1, -0.05) is 11.6 Å². The zero-order chi connectivity index (χ0) is 16.9. The number of aliphatic hydroxyl groups excluding tert-OH is 1. The molecule has 0 aliphatic carbocycles. The molecule has 0 saturated carbocycles. The fraction of sp³-hybridized carbons (Fsp3) is 0.529. The Morgan fingerprint density at radius 1 is 1.33 bits per heavy atom. The molecule has 1 saturated heterocycles. The fourth-order valence-electron chi connectivity index (χ4n) is 3.07. The van der Waals surface area contributed by atoms with Crippen LogP contribution >= 0.6 is 0 Å². The van der Waals surface area contributed by atoms with E-state index < -0.39 is 0 Å². The predicted molar refractivity (Wildman–Crippen MR) is 84.8 cm³/mol. The number of ether oxygens (including phenoxy) is 1. The Kier molecular flexibility index (Phi) is 5.42. The first-order valence-electron chi connectivity index (χ1n) is 8.22. The van der Waals surface area contributed by atoms with E-state index in [0.29, 0.717) is 30.1 Å². The molecule has 1 aromatic carbocycles. The molecule has 0 spiro atoms. The number of benzene rings is 1. The van der Waals surface area contributed by atoms with Crippen molar-refractivity contribution in [2.24, 2.45) is 0 Å². The van der Waals surface area contributed by atoms with Crippen LogP contribution in [-0.4, -0.2) is 38.8 Å². The van der Waals surface area contributed by atoms with E-state index in [9.17, 15) is 9.50 Å². The summed E-state index contributed by atoms with van der Waals surface area (Å²) in [6.07, 6.45) is 3.21. The highest BCUT2D eigenvalue weighted by atomic mass is 19.1. The summed E-state index contributed by atoms with van der Waals surface area (Å²) < 4.78 is 23.7. The van der Waals surface area contributed by atoms with Crippen LogP contribution in [-0.2, 0) is 13.2 Å². The number of hydrogen-bond acceptors (Lipinski definition) is 6. The van der Waals surface area contributed by atoms with Gasteiger partial charge in [-0.3, -0.25) is 4.90 Å². The average molecular weight is 335 g/mol. The Bertz CT molecular complexity index is 647. The minimum Gasteiger partial charge on any atom is -0.485 e. The maximum absolute atomic E-state index is 12.9. The average Bonchev–Trinajstić information content (AvgIpc) is 3.04. The monoisotopic (exact) mass is 335 g/mol. The molecule has 24 heavy (non-hydrogen) atoms. The third-order valence-corrected chi connectivity index (χ3v) is 4.41. The number of halogens is 1. The summed E-state index contributed by atoms with van der Waals surface area (Å²) in [6.45, 7) is 2.97. The van der Waals surface area contributed by atoms with Gasteiger partial charge in [-0.05, 0) is 44.0 Å². The summed E-state index contributed by atoms with van der Waals surface area (Å²) in [4.78, 5) is 6.55. The zero-order valence-corrected chi connectivity index (χ0v) is 13.7. The van der Waals surface area contributed by atoms with Gasteiger partial charge >= 0.3 is 0 Å². The Labute approximate surface area is 140 Å². The quantitative estimate of drug-likeness (QED) is 0.875. The molecule has 2 unspecified atom stereocenters. The number of nitrogens with zero attached hydrogens (tertiary/aromatic N) is 3. The van der Waals surface area contributed by atoms with E-state index >= 15 is 0 Å². The van der Waals surface area contributed by atoms with Gasteiger partial charge in [0.25, 0.3) is 0 Å². The van der Waals surface area contributed by atoms with Gasteiger partial charge in [0.15, 0.2) is 6.61 Å². The molecule has 2 heterocycles. The molecule has 130 valence electrons. The van der Waals surface area contributed by atoms with Gasteiger partial charge in [-0.15, -0.1) is 0 Å². The molecule has 1 N–H and O–H groups in total. The predicted octanol–water partition coefficient (Wildman–Crippen LogP) is 2.52. The third kappa shape index (κ3) is 4.10. The summed E-state index contributed by atoms with van der Waals surface area (Å²) in [5, 5.41) is 13.5. The molecule has 1 fully saturated rings. The number of likely N-dealkylation sites (tertiary alicyclic amines) is 1. The first-order chi connectivity index (χ1) is 11.7. The minimum absolute atomic E-state index is 0.138. The fourth-order valence-corrected chi connectivity index (χ4v) is 3.07. The maximum Gasteiger partial charge on any atom is 0.240 e. The molecular weight excluding hydrogens is 313 g/mol. The van der Waals surface area contributed by atoms with Gasteiger partial charge in [0.05, 0.1) is 13.2 Å². The van der Waals surface area contributed by atoms with E-state index in [1.54, 1.807) is 12.1 Å². The second kappa shape index (κ2) is 7.72. The van der Waals surface area contributed by atoms with Gasteiger partial charge in [0, 0.05) is 12.1 Å². The highest BCUT2D eigenvalue weighted by molar-refractivity contribution is 5.22. The lowest BCUT2D eigenvalue weighted by Crippen LogP contribution is -2.46. The highest BCUT2D eigenvalue weighted by Crippen LogP contribution is 2.24. The van der Waals surface area contributed by atoms with Crippen LogP contribution in [0.15, 0.2) is 28.8 Å². The molecule has 1 aliphatic heterocycles. The van der Waals surface area contributed by atoms with Crippen LogP contribution in [0.2, 0.25) is 0 Å². The molecule has 3 rings (SSSR count). The normalized spacial score (nSPS) is 21.8. The lowest BCUT2D eigenvalue weighted by molar-refractivity contribution is 0.0370. The lowest BCUT2D eigenvalue weighted by atomic mass is 9.97. The van der Waals surface area contributed by atoms with Gasteiger partial charge in [-0.2, -0.15) is 4.98 Å². The first-order valence-corrected chi connectivity index (χ1v) is 8.22. The van der Waals surface area contributed by atoms with Crippen LogP contribution in [0.3, 0.4) is 0 Å². The lowest BCUT2D eigenvalue weighted by Gasteiger charge is -2.38. The second-order valence-corrected chi connectivity index (χ2v) is 6.14. The van der Waals surface area contributed by atoms with Crippen molar-refractivity contribution >= 4 is 0 Å². The molecule has 0 amide bonds. The van der Waals surface area contributed by atoms with Gasteiger partial charge in [-0.25, -0.2) is 4.39 Å². The van der Waals surface area contributed by atoms with Crippen LogP contribution in [0.5, 0.6) is 5.75 Å². The highest BCUT2D eigenvalue weighted by Gasteiger charge is 2.28. The van der Waals surface area contributed by atoms with Crippen LogP contribution in [0.1, 0.15) is 37.9 Å². The Morgan fingerprint density at radius 2 is 2.12 bits per heavy atom. The van der Waals surface area contributed by atoms with E-state index in [0.717, 1.165) is 19.3 Å². The smallest absolute Gasteiger partial charge is 0.240 e. The van der Waals surface area contributed by atoms with Crippen LogP contribution in [0.25, 0.3) is 0 Å². The van der Waals surface area contributed by atoms with Crippen molar-refractivity contribution in [3.63, 3.8) is 0 Å². The Morgan fingerprint density at radius 3 is 2.88 bits per heavy atom. The van der Waals surface area contributed by atoms with Crippen molar-refractivity contribution in [2.75, 3.05) is 6.61 Å². The molecule has 0 bridgehead atoms. The van der Waals surface area contributed by atoms with Crippen LogP contribution in [0, 0.1) is 5.82 Å². The van der Waals surface area contributed by atoms with Crippen molar-refractivity contribution < 1.29 is 18.8 Å². The SMILES string of the molecule is CC1CCCC(CO)N1Cc1nc(COc2ccc(F)cc2)no1. The third-order valence-electron chi connectivity index (χ3n) is 4.41. The number of hydrogen-bond donors (Lipinski definition) is 1. The largest absolute Gasteiger partial charge is 0.485 e. The van der Waals surface area contributed by atoms with E-state index in [1.807, 2.05) is 0 Å². The number of piperidine rings is 1. The standard InChI is InChI=1S/C17H22FN3O3/c1-12-3-2-4-14(10-22)21(12)9-17-19-16(20-24-17)11-23-15-7-5-13(18)6-8-15/h5-8,12,14,22H,2-4,9-11H2,1H3. The number of aliphatic hydroxyl groups is 1. The van der Waals surface area contributed by atoms with E-state index in [4.69, 9.17) is 9.26 Å². The maximum atomic E-state index is 12.9. The van der Waals surface area contributed by atoms with Crippen molar-refractivity contribution in [3.05, 3.63) is 41.8 Å². The molecule has 1 aliphatic rings. The Balaban J connectivity index is 1.57. The van der Waals surface area contributed by atoms with Gasteiger partial charge in [0.2, 0.25) is 11.7 Å². The zero-order valence-electron chi connectivity index (χ0n) is 13.7. The number of rotatable bonds is 6. The minimum atomic E-state index is -0.307. The summed E-state index contributed by atoms with van der Waals surface area (Å²) in [7, 11) is 0. The molecule has 7 heteroatoms. The van der Waals surface area contributed by atoms with Crippen molar-refractivity contribution in [1.82, 2.24) is 15.0 Å². The van der Waals surface area contributed by atoms with E-state index in [2.05, 4.69) is 22.0 Å². The Hall–Kier alpha value is -1.99. The van der Waals surface area contributed by atoms with Crippen LogP contribution < -0.4 is 4.74 Å². The van der Waals surface area contributed by atoms with Crippen molar-refractivity contribution in [2.45, 2.75) is 51.4 Å². The molecule has 2 atom stereocenters. The first kappa shape index (κ1) is 16.9. The van der Waals surface area contributed by atoms with Crippen molar-refractivity contribution in [3.8, 4) is 5.75 Å². The topological polar surface area (TPSA) is 71.6 Å². The molecule has 0 radical (unpaired) electrons. The summed E-state index contributed by atoms with van der Waals surface area (Å²) in [6, 6.07) is 6.30. The molecular formula is C17H22FN3O3. The van der Waals surface area contributed by atoms with E-state index in [1.165, 1.54) is 12.1 Å². The molecule has 2 aromatic rings. The van der Waals surface area contributed by atoms with E-state index in [-0.39, 0.29) is 25.1 Å². The number of aromatic nitrogens is 2. The summed E-state index contributed by atoms with van der Waals surface area (Å²) >= 11 is 0. The van der Waals surface area contributed by atoms with Gasteiger partial charge < -0.3 is 14.4 Å². The van der Waals surface area contributed by atoms with Crippen molar-refractivity contribution in [1.29, 1.82) is 0 Å². The summed E-state index contributed by atoms with van der Waals surface area (Å²) in [5.74, 6) is 1.20.